The van der Waals surface area contributed by atoms with Crippen LogP contribution in [0.15, 0.2) is 0 Å². The molecule has 0 aliphatic rings. The van der Waals surface area contributed by atoms with Crippen LogP contribution in [-0.2, 0) is 14.3 Å². The Labute approximate surface area is 95.9 Å². The van der Waals surface area contributed by atoms with E-state index in [1.54, 1.807) is 6.92 Å². The maximum Gasteiger partial charge on any atom is 0.302 e. The lowest BCUT2D eigenvalue weighted by Gasteiger charge is -2.18. The van der Waals surface area contributed by atoms with Crippen molar-refractivity contribution in [1.29, 1.82) is 0 Å². The number of carbonyl (C=O) groups excluding carboxylic acids is 2. The molecule has 0 aromatic heterocycles. The van der Waals surface area contributed by atoms with Crippen molar-refractivity contribution in [3.8, 4) is 0 Å². The van der Waals surface area contributed by atoms with Crippen LogP contribution in [0.5, 0.6) is 0 Å². The quantitative estimate of drug-likeness (QED) is 0.660. The summed E-state index contributed by atoms with van der Waals surface area (Å²) >= 11 is 1.35. The van der Waals surface area contributed by atoms with Gasteiger partial charge in [0.25, 0.3) is 0 Å². The molecule has 4 heteroatoms. The molecular weight excluding hydrogens is 212 g/mol. The highest BCUT2D eigenvalue weighted by molar-refractivity contribution is 8.14. The van der Waals surface area contributed by atoms with Gasteiger partial charge in [-0.1, -0.05) is 25.1 Å². The highest BCUT2D eigenvalue weighted by atomic mass is 32.2. The van der Waals surface area contributed by atoms with Crippen molar-refractivity contribution in [3.63, 3.8) is 0 Å². The van der Waals surface area contributed by atoms with Crippen molar-refractivity contribution in [2.75, 3.05) is 0 Å². The van der Waals surface area contributed by atoms with Gasteiger partial charge in [-0.3, -0.25) is 9.59 Å². The van der Waals surface area contributed by atoms with E-state index in [0.717, 1.165) is 19.3 Å². The third kappa shape index (κ3) is 8.48. The second-order valence-corrected chi connectivity index (χ2v) is 5.15. The number of carbonyl (C=O) groups is 2. The van der Waals surface area contributed by atoms with Gasteiger partial charge in [0.1, 0.15) is 6.10 Å². The van der Waals surface area contributed by atoms with Crippen LogP contribution < -0.4 is 0 Å². The van der Waals surface area contributed by atoms with Gasteiger partial charge in [0.2, 0.25) is 0 Å². The second-order valence-electron chi connectivity index (χ2n) is 3.68. The Morgan fingerprint density at radius 3 is 2.33 bits per heavy atom. The topological polar surface area (TPSA) is 43.4 Å². The van der Waals surface area contributed by atoms with Gasteiger partial charge in [-0.15, -0.1) is 0 Å². The number of esters is 1. The van der Waals surface area contributed by atoms with Crippen LogP contribution in [0.25, 0.3) is 0 Å². The summed E-state index contributed by atoms with van der Waals surface area (Å²) < 4.78 is 5.05. The molecule has 0 rings (SSSR count). The minimum absolute atomic E-state index is 0.106. The van der Waals surface area contributed by atoms with Gasteiger partial charge in [-0.2, -0.15) is 0 Å². The van der Waals surface area contributed by atoms with Crippen molar-refractivity contribution < 1.29 is 14.3 Å². The van der Waals surface area contributed by atoms with E-state index in [1.165, 1.54) is 18.7 Å². The van der Waals surface area contributed by atoms with Crippen molar-refractivity contribution in [2.24, 2.45) is 0 Å². The molecule has 0 aromatic carbocycles. The number of thioether (sulfide) groups is 1. The van der Waals surface area contributed by atoms with E-state index in [9.17, 15) is 9.59 Å². The van der Waals surface area contributed by atoms with Crippen LogP contribution in [0.3, 0.4) is 0 Å². The first-order chi connectivity index (χ1) is 6.95. The third-order valence-electron chi connectivity index (χ3n) is 1.91. The normalized spacial score (nSPS) is 14.4. The maximum absolute atomic E-state index is 11.0. The van der Waals surface area contributed by atoms with Gasteiger partial charge in [-0.25, -0.2) is 0 Å². The minimum atomic E-state index is -0.259. The summed E-state index contributed by atoms with van der Waals surface area (Å²) in [5.41, 5.74) is 0. The van der Waals surface area contributed by atoms with E-state index in [2.05, 4.69) is 6.92 Å². The summed E-state index contributed by atoms with van der Waals surface area (Å²) in [6, 6.07) is 0. The highest BCUT2D eigenvalue weighted by Crippen LogP contribution is 2.22. The lowest BCUT2D eigenvalue weighted by atomic mass is 10.1. The van der Waals surface area contributed by atoms with E-state index in [-0.39, 0.29) is 22.4 Å². The number of rotatable bonds is 6. The summed E-state index contributed by atoms with van der Waals surface area (Å²) in [7, 11) is 0. The fraction of sp³-hybridized carbons (Fsp3) is 0.818. The van der Waals surface area contributed by atoms with E-state index >= 15 is 0 Å². The first-order valence-electron chi connectivity index (χ1n) is 5.30. The fourth-order valence-electron chi connectivity index (χ4n) is 1.48. The zero-order valence-electron chi connectivity index (χ0n) is 9.91. The van der Waals surface area contributed by atoms with E-state index in [4.69, 9.17) is 4.74 Å². The van der Waals surface area contributed by atoms with Crippen LogP contribution in [0.4, 0.5) is 0 Å². The molecule has 0 aliphatic carbocycles. The number of hydrogen-bond donors (Lipinski definition) is 0. The molecule has 0 heterocycles. The van der Waals surface area contributed by atoms with Gasteiger partial charge in [0.15, 0.2) is 5.12 Å². The van der Waals surface area contributed by atoms with Gasteiger partial charge >= 0.3 is 5.97 Å². The molecule has 2 atom stereocenters. The van der Waals surface area contributed by atoms with Gasteiger partial charge in [0, 0.05) is 19.1 Å². The zero-order valence-corrected chi connectivity index (χ0v) is 10.7. The standard InChI is InChI=1S/C11H20O3S/c1-5-6-11(15-10(4)13)7-8(2)14-9(3)12/h8,11H,5-7H2,1-4H3. The van der Waals surface area contributed by atoms with Crippen LogP contribution in [0, 0.1) is 0 Å². The van der Waals surface area contributed by atoms with E-state index < -0.39 is 0 Å². The predicted molar refractivity (Wildman–Crippen MR) is 62.8 cm³/mol. The SMILES string of the molecule is CCCC(CC(C)OC(C)=O)SC(C)=O. The Kier molecular flexibility index (Phi) is 7.48. The Morgan fingerprint density at radius 1 is 1.33 bits per heavy atom. The van der Waals surface area contributed by atoms with Crippen LogP contribution in [0.2, 0.25) is 0 Å². The molecule has 0 spiro atoms. The average molecular weight is 232 g/mol. The molecule has 0 amide bonds. The largest absolute Gasteiger partial charge is 0.463 e. The molecule has 0 saturated carbocycles. The lowest BCUT2D eigenvalue weighted by Crippen LogP contribution is -2.19. The molecule has 88 valence electrons. The van der Waals surface area contributed by atoms with Crippen molar-refractivity contribution in [1.82, 2.24) is 0 Å². The molecule has 3 nitrogen and oxygen atoms in total. The molecule has 0 N–H and O–H groups in total. The molecule has 0 aliphatic heterocycles. The predicted octanol–water partition coefficient (Wildman–Crippen LogP) is 2.78. The van der Waals surface area contributed by atoms with Gasteiger partial charge in [0.05, 0.1) is 0 Å². The summed E-state index contributed by atoms with van der Waals surface area (Å²) in [5.74, 6) is -0.259. The first-order valence-corrected chi connectivity index (χ1v) is 6.18. The smallest absolute Gasteiger partial charge is 0.302 e. The van der Waals surface area contributed by atoms with E-state index in [1.807, 2.05) is 6.92 Å². The van der Waals surface area contributed by atoms with Crippen LogP contribution >= 0.6 is 11.8 Å². The molecule has 2 unspecified atom stereocenters. The molecule has 0 aromatic rings. The maximum atomic E-state index is 11.0. The second kappa shape index (κ2) is 7.74. The highest BCUT2D eigenvalue weighted by Gasteiger charge is 2.16. The first kappa shape index (κ1) is 14.5. The average Bonchev–Trinajstić information content (AvgIpc) is 2.00. The lowest BCUT2D eigenvalue weighted by molar-refractivity contribution is -0.145. The molecule has 0 fully saturated rings. The summed E-state index contributed by atoms with van der Waals surface area (Å²) in [6.45, 7) is 6.93. The molecular formula is C11H20O3S. The molecule has 0 bridgehead atoms. The van der Waals surface area contributed by atoms with Crippen molar-refractivity contribution in [2.45, 2.75) is 58.3 Å². The van der Waals surface area contributed by atoms with E-state index in [0.29, 0.717) is 0 Å². The summed E-state index contributed by atoms with van der Waals surface area (Å²) in [5, 5.41) is 0.394. The molecule has 0 saturated heterocycles. The minimum Gasteiger partial charge on any atom is -0.463 e. The number of hydrogen-bond acceptors (Lipinski definition) is 4. The Balaban J connectivity index is 4.02. The Morgan fingerprint density at radius 2 is 1.93 bits per heavy atom. The third-order valence-corrected chi connectivity index (χ3v) is 3.00. The van der Waals surface area contributed by atoms with Crippen LogP contribution in [0.1, 0.15) is 47.0 Å². The van der Waals surface area contributed by atoms with Gasteiger partial charge in [-0.05, 0) is 19.8 Å². The molecule has 15 heavy (non-hydrogen) atoms. The van der Waals surface area contributed by atoms with Gasteiger partial charge < -0.3 is 4.74 Å². The Hall–Kier alpha value is -0.510. The molecule has 0 radical (unpaired) electrons. The monoisotopic (exact) mass is 232 g/mol. The number of ether oxygens (including phenoxy) is 1. The summed E-state index contributed by atoms with van der Waals surface area (Å²) in [4.78, 5) is 21.7. The van der Waals surface area contributed by atoms with Crippen molar-refractivity contribution >= 4 is 22.8 Å². The fourth-order valence-corrected chi connectivity index (χ4v) is 2.67. The Bertz CT molecular complexity index is 216. The van der Waals surface area contributed by atoms with Crippen molar-refractivity contribution in [3.05, 3.63) is 0 Å². The zero-order chi connectivity index (χ0) is 11.8. The summed E-state index contributed by atoms with van der Waals surface area (Å²) in [6.07, 6.45) is 2.66. The van der Waals surface area contributed by atoms with Crippen LogP contribution in [-0.4, -0.2) is 22.4 Å².